The van der Waals surface area contributed by atoms with Gasteiger partial charge in [-0.15, -0.1) is 11.3 Å². The summed E-state index contributed by atoms with van der Waals surface area (Å²) in [6.45, 7) is 2.18. The quantitative estimate of drug-likeness (QED) is 0.648. The molecule has 0 spiro atoms. The highest BCUT2D eigenvalue weighted by Gasteiger charge is 2.22. The number of nitriles is 1. The monoisotopic (exact) mass is 426 g/mol. The molecule has 3 rings (SSSR count). The van der Waals surface area contributed by atoms with Crippen molar-refractivity contribution in [2.75, 3.05) is 11.2 Å². The molecule has 29 heavy (non-hydrogen) atoms. The van der Waals surface area contributed by atoms with Crippen molar-refractivity contribution in [2.45, 2.75) is 13.5 Å². The minimum Gasteiger partial charge on any atom is -0.313 e. The number of nitrogens with one attached hydrogen (secondary N) is 1. The van der Waals surface area contributed by atoms with Crippen LogP contribution >= 0.6 is 11.3 Å². The Bertz CT molecular complexity index is 1180. The summed E-state index contributed by atoms with van der Waals surface area (Å²) in [6, 6.07) is 18.9. The van der Waals surface area contributed by atoms with Crippen LogP contribution in [-0.4, -0.2) is 25.6 Å². The summed E-state index contributed by atoms with van der Waals surface area (Å²) in [5.74, 6) is -0.766. The number of benzene rings is 2. The Morgan fingerprint density at radius 2 is 1.93 bits per heavy atom. The number of aryl methyl sites for hydroxylation is 1. The van der Waals surface area contributed by atoms with Gasteiger partial charge in [-0.1, -0.05) is 36.4 Å². The summed E-state index contributed by atoms with van der Waals surface area (Å²) in [7, 11) is -3.69. The number of thiazole rings is 1. The van der Waals surface area contributed by atoms with Crippen LogP contribution in [0.3, 0.4) is 0 Å². The third kappa shape index (κ3) is 5.19. The van der Waals surface area contributed by atoms with Gasteiger partial charge in [-0.3, -0.25) is 4.79 Å². The first kappa shape index (κ1) is 20.5. The van der Waals surface area contributed by atoms with Gasteiger partial charge in [0.05, 0.1) is 24.4 Å². The van der Waals surface area contributed by atoms with Gasteiger partial charge in [0.1, 0.15) is 5.69 Å². The third-order valence-electron chi connectivity index (χ3n) is 3.98. The van der Waals surface area contributed by atoms with E-state index >= 15 is 0 Å². The number of nitrogens with zero attached hydrogens (tertiary/aromatic N) is 3. The fourth-order valence-corrected chi connectivity index (χ4v) is 4.06. The first-order valence-corrected chi connectivity index (χ1v) is 11.3. The van der Waals surface area contributed by atoms with E-state index in [0.29, 0.717) is 22.1 Å². The van der Waals surface area contributed by atoms with Crippen molar-refractivity contribution in [3.8, 4) is 6.07 Å². The van der Waals surface area contributed by atoms with E-state index in [1.54, 1.807) is 25.1 Å². The van der Waals surface area contributed by atoms with E-state index in [0.717, 1.165) is 17.5 Å². The lowest BCUT2D eigenvalue weighted by molar-refractivity contribution is 0.0977. The second-order valence-electron chi connectivity index (χ2n) is 6.34. The van der Waals surface area contributed by atoms with Crippen LogP contribution in [0.5, 0.6) is 0 Å². The minimum atomic E-state index is -3.69. The van der Waals surface area contributed by atoms with Gasteiger partial charge in [0.2, 0.25) is 10.0 Å². The zero-order valence-electron chi connectivity index (χ0n) is 15.8. The molecule has 7 nitrogen and oxygen atoms in total. The van der Waals surface area contributed by atoms with Gasteiger partial charge in [-0.25, -0.2) is 18.1 Å². The van der Waals surface area contributed by atoms with Gasteiger partial charge >= 0.3 is 0 Å². The summed E-state index contributed by atoms with van der Waals surface area (Å²) >= 11 is 1.28. The second-order valence-corrected chi connectivity index (χ2v) is 9.27. The number of carbonyl (C=O) groups excluding carboxylic acids is 1. The molecule has 0 saturated carbocycles. The molecule has 1 heterocycles. The fraction of sp³-hybridized carbons (Fsp3) is 0.150. The van der Waals surface area contributed by atoms with E-state index in [1.807, 2.05) is 46.0 Å². The molecule has 3 aromatic rings. The SMILES string of the molecule is Cc1sc(N(Cc2ccccc2)c2cccc(C#N)c2)nc1C(=O)NS(C)(=O)=O. The van der Waals surface area contributed by atoms with Gasteiger partial charge in [-0.2, -0.15) is 5.26 Å². The molecule has 0 radical (unpaired) electrons. The highest BCUT2D eigenvalue weighted by atomic mass is 32.2. The molecule has 1 amide bonds. The highest BCUT2D eigenvalue weighted by Crippen LogP contribution is 2.33. The van der Waals surface area contributed by atoms with Gasteiger partial charge in [0.25, 0.3) is 5.91 Å². The number of sulfonamides is 1. The maximum Gasteiger partial charge on any atom is 0.284 e. The van der Waals surface area contributed by atoms with Crippen molar-refractivity contribution in [1.82, 2.24) is 9.71 Å². The van der Waals surface area contributed by atoms with Gasteiger partial charge in [0.15, 0.2) is 5.13 Å². The van der Waals surface area contributed by atoms with Crippen molar-refractivity contribution in [3.05, 3.63) is 76.3 Å². The van der Waals surface area contributed by atoms with E-state index in [-0.39, 0.29) is 5.69 Å². The number of aromatic nitrogens is 1. The van der Waals surface area contributed by atoms with Crippen LogP contribution < -0.4 is 9.62 Å². The molecular formula is C20H18N4O3S2. The molecule has 0 unspecified atom stereocenters. The number of carbonyl (C=O) groups is 1. The Labute approximate surface area is 173 Å². The average Bonchev–Trinajstić information content (AvgIpc) is 3.07. The van der Waals surface area contributed by atoms with Crippen LogP contribution in [0, 0.1) is 18.3 Å². The standard InChI is InChI=1S/C20H18N4O3S2/c1-14-18(19(25)23-29(2,26)27)22-20(28-14)24(13-15-7-4-3-5-8-15)17-10-6-9-16(11-17)12-21/h3-11H,13H2,1-2H3,(H,23,25). The topological polar surface area (TPSA) is 103 Å². The lowest BCUT2D eigenvalue weighted by atomic mass is 10.1. The van der Waals surface area contributed by atoms with Crippen molar-refractivity contribution < 1.29 is 13.2 Å². The first-order chi connectivity index (χ1) is 13.8. The van der Waals surface area contributed by atoms with Crippen molar-refractivity contribution in [1.29, 1.82) is 5.26 Å². The van der Waals surface area contributed by atoms with Gasteiger partial charge in [-0.05, 0) is 30.7 Å². The lowest BCUT2D eigenvalue weighted by Crippen LogP contribution is -2.30. The summed E-state index contributed by atoms with van der Waals surface area (Å²) in [4.78, 5) is 19.2. The Balaban J connectivity index is 2.03. The number of anilines is 2. The largest absolute Gasteiger partial charge is 0.313 e. The zero-order chi connectivity index (χ0) is 21.0. The van der Waals surface area contributed by atoms with Crippen molar-refractivity contribution in [3.63, 3.8) is 0 Å². The zero-order valence-corrected chi connectivity index (χ0v) is 17.4. The Hall–Kier alpha value is -3.22. The molecule has 0 aliphatic rings. The Morgan fingerprint density at radius 3 is 2.59 bits per heavy atom. The van der Waals surface area contributed by atoms with Gasteiger partial charge < -0.3 is 4.90 Å². The lowest BCUT2D eigenvalue weighted by Gasteiger charge is -2.22. The van der Waals surface area contributed by atoms with Crippen LogP contribution in [0.2, 0.25) is 0 Å². The maximum atomic E-state index is 12.3. The van der Waals surface area contributed by atoms with Crippen LogP contribution in [-0.2, 0) is 16.6 Å². The second kappa shape index (κ2) is 8.43. The molecule has 0 bridgehead atoms. The maximum absolute atomic E-state index is 12.3. The van der Waals surface area contributed by atoms with E-state index < -0.39 is 15.9 Å². The van der Waals surface area contributed by atoms with Crippen LogP contribution in [0.15, 0.2) is 54.6 Å². The third-order valence-corrected chi connectivity index (χ3v) is 5.53. The predicted octanol–water partition coefficient (Wildman–Crippen LogP) is 3.35. The van der Waals surface area contributed by atoms with E-state index in [9.17, 15) is 18.5 Å². The molecule has 148 valence electrons. The number of hydrogen-bond acceptors (Lipinski definition) is 7. The molecular weight excluding hydrogens is 408 g/mol. The highest BCUT2D eigenvalue weighted by molar-refractivity contribution is 7.89. The molecule has 1 aromatic heterocycles. The fourth-order valence-electron chi connectivity index (χ4n) is 2.70. The van der Waals surface area contributed by atoms with E-state index in [1.165, 1.54) is 11.3 Å². The average molecular weight is 427 g/mol. The molecule has 0 atom stereocenters. The predicted molar refractivity (Wildman–Crippen MR) is 113 cm³/mol. The summed E-state index contributed by atoms with van der Waals surface area (Å²) in [6.07, 6.45) is 0.919. The number of rotatable bonds is 6. The van der Waals surface area contributed by atoms with Crippen LogP contribution in [0.25, 0.3) is 0 Å². The van der Waals surface area contributed by atoms with Crippen LogP contribution in [0.4, 0.5) is 10.8 Å². The summed E-state index contributed by atoms with van der Waals surface area (Å²) < 4.78 is 24.8. The molecule has 0 fully saturated rings. The summed E-state index contributed by atoms with van der Waals surface area (Å²) in [5, 5.41) is 9.77. The van der Waals surface area contributed by atoms with E-state index in [4.69, 9.17) is 0 Å². The molecule has 0 saturated heterocycles. The minimum absolute atomic E-state index is 0.0601. The first-order valence-electron chi connectivity index (χ1n) is 8.58. The number of hydrogen-bond donors (Lipinski definition) is 1. The summed E-state index contributed by atoms with van der Waals surface area (Å²) in [5.41, 5.74) is 2.33. The molecule has 0 aliphatic heterocycles. The van der Waals surface area contributed by atoms with Crippen molar-refractivity contribution in [2.24, 2.45) is 0 Å². The normalized spacial score (nSPS) is 10.9. The molecule has 9 heteroatoms. The molecule has 1 N–H and O–H groups in total. The smallest absolute Gasteiger partial charge is 0.284 e. The van der Waals surface area contributed by atoms with Crippen LogP contribution in [0.1, 0.15) is 26.5 Å². The van der Waals surface area contributed by atoms with E-state index in [2.05, 4.69) is 11.1 Å². The van der Waals surface area contributed by atoms with Crippen molar-refractivity contribution >= 4 is 38.1 Å². The Kier molecular flexibility index (Phi) is 5.96. The Morgan fingerprint density at radius 1 is 1.21 bits per heavy atom. The molecule has 0 aliphatic carbocycles. The molecule has 2 aromatic carbocycles. The number of amides is 1. The van der Waals surface area contributed by atoms with Gasteiger partial charge in [0, 0.05) is 10.6 Å².